The SMILES string of the molecule is CCc1ccc(N(C)C)c(/C(=C(\C=O)c2cccc3c(C)cccc23)C(F)(F)F)c1.O=C(O)CNC(=O)c1c(F)cccc1F. The van der Waals surface area contributed by atoms with Gasteiger partial charge >= 0.3 is 12.1 Å². The van der Waals surface area contributed by atoms with E-state index >= 15 is 0 Å². The van der Waals surface area contributed by atoms with Crippen LogP contribution in [0.5, 0.6) is 0 Å². The van der Waals surface area contributed by atoms with Crippen LogP contribution < -0.4 is 10.2 Å². The van der Waals surface area contributed by atoms with Crippen molar-refractivity contribution in [3.63, 3.8) is 0 Å². The fraction of sp³-hybridized carbons (Fsp3) is 0.206. The molecule has 4 aromatic carbocycles. The fourth-order valence-corrected chi connectivity index (χ4v) is 4.76. The lowest BCUT2D eigenvalue weighted by Crippen LogP contribution is -2.30. The minimum atomic E-state index is -4.71. The number of benzene rings is 4. The van der Waals surface area contributed by atoms with Crippen LogP contribution in [0.1, 0.15) is 39.5 Å². The molecule has 236 valence electrons. The van der Waals surface area contributed by atoms with Crippen LogP contribution in [-0.2, 0) is 16.0 Å². The van der Waals surface area contributed by atoms with Crippen molar-refractivity contribution in [2.45, 2.75) is 26.4 Å². The van der Waals surface area contributed by atoms with Crippen LogP contribution in [0.15, 0.2) is 72.8 Å². The fourth-order valence-electron chi connectivity index (χ4n) is 4.76. The highest BCUT2D eigenvalue weighted by atomic mass is 19.4. The highest BCUT2D eigenvalue weighted by molar-refractivity contribution is 6.22. The summed E-state index contributed by atoms with van der Waals surface area (Å²) in [4.78, 5) is 35.0. The molecule has 0 unspecified atom stereocenters. The highest BCUT2D eigenvalue weighted by Gasteiger charge is 2.39. The Kier molecular flexibility index (Phi) is 11.2. The summed E-state index contributed by atoms with van der Waals surface area (Å²) in [6.07, 6.45) is -3.78. The van der Waals surface area contributed by atoms with E-state index in [0.29, 0.717) is 23.8 Å². The Bertz CT molecular complexity index is 1740. The average Bonchev–Trinajstić information content (AvgIpc) is 2.98. The summed E-state index contributed by atoms with van der Waals surface area (Å²) in [6, 6.07) is 18.5. The van der Waals surface area contributed by atoms with Gasteiger partial charge in [-0.25, -0.2) is 8.78 Å². The van der Waals surface area contributed by atoms with Crippen molar-refractivity contribution in [2.24, 2.45) is 0 Å². The molecule has 0 spiro atoms. The predicted octanol–water partition coefficient (Wildman–Crippen LogP) is 7.23. The van der Waals surface area contributed by atoms with E-state index in [9.17, 15) is 36.3 Å². The first kappa shape index (κ1) is 34.4. The van der Waals surface area contributed by atoms with Gasteiger partial charge in [-0.2, -0.15) is 13.2 Å². The molecule has 0 aromatic heterocycles. The summed E-state index contributed by atoms with van der Waals surface area (Å²) in [5, 5.41) is 11.6. The molecule has 0 aliphatic carbocycles. The van der Waals surface area contributed by atoms with Crippen LogP contribution in [-0.4, -0.2) is 50.1 Å². The molecule has 0 aliphatic heterocycles. The summed E-state index contributed by atoms with van der Waals surface area (Å²) in [5.41, 5.74) is 0.379. The van der Waals surface area contributed by atoms with Crippen LogP contribution >= 0.6 is 0 Å². The average molecular weight is 627 g/mol. The maximum absolute atomic E-state index is 14.5. The molecule has 2 N–H and O–H groups in total. The summed E-state index contributed by atoms with van der Waals surface area (Å²) in [5.74, 6) is -4.44. The number of anilines is 1. The minimum Gasteiger partial charge on any atom is -0.480 e. The number of rotatable bonds is 8. The Morgan fingerprint density at radius 2 is 1.49 bits per heavy atom. The van der Waals surface area contributed by atoms with Crippen molar-refractivity contribution in [1.82, 2.24) is 5.32 Å². The number of carboxylic acid groups (broad SMARTS) is 1. The van der Waals surface area contributed by atoms with Gasteiger partial charge in [-0.1, -0.05) is 55.5 Å². The zero-order chi connectivity index (χ0) is 33.5. The summed E-state index contributed by atoms with van der Waals surface area (Å²) in [7, 11) is 3.39. The normalized spacial score (nSPS) is 11.7. The van der Waals surface area contributed by atoms with Gasteiger partial charge in [0.05, 0.1) is 5.57 Å². The molecule has 1 amide bonds. The molecular formula is C34H31F5N2O4. The van der Waals surface area contributed by atoms with Crippen LogP contribution in [0.3, 0.4) is 0 Å². The van der Waals surface area contributed by atoms with Gasteiger partial charge in [-0.15, -0.1) is 0 Å². The molecule has 0 atom stereocenters. The standard InChI is InChI=1S/C25H24F3NO.C9H7F2NO3/c1-5-17-12-13-23(29(3)4)21(14-17)24(25(26,27)28)22(15-30)20-11-7-9-18-16(2)8-6-10-19(18)20;10-5-2-1-3-6(11)8(5)9(15)12-4-7(13)14/h6-15H,5H2,1-4H3;1-3H,4H2,(H,12,15)(H,13,14)/b24-22-;. The first-order chi connectivity index (χ1) is 21.2. The highest BCUT2D eigenvalue weighted by Crippen LogP contribution is 2.44. The molecule has 6 nitrogen and oxygen atoms in total. The zero-order valence-corrected chi connectivity index (χ0v) is 24.9. The number of aryl methyl sites for hydroxylation is 2. The van der Waals surface area contributed by atoms with Gasteiger partial charge in [-0.3, -0.25) is 14.4 Å². The Balaban J connectivity index is 0.000000309. The molecule has 0 bridgehead atoms. The lowest BCUT2D eigenvalue weighted by atomic mass is 9.89. The molecular weight excluding hydrogens is 595 g/mol. The maximum atomic E-state index is 14.5. The number of aliphatic carboxylic acids is 1. The van der Waals surface area contributed by atoms with Gasteiger partial charge in [0.1, 0.15) is 23.7 Å². The number of aldehydes is 1. The number of hydrogen-bond acceptors (Lipinski definition) is 4. The smallest absolute Gasteiger partial charge is 0.417 e. The summed E-state index contributed by atoms with van der Waals surface area (Å²) in [6.45, 7) is 3.10. The summed E-state index contributed by atoms with van der Waals surface area (Å²) < 4.78 is 69.3. The van der Waals surface area contributed by atoms with Gasteiger partial charge in [0.2, 0.25) is 0 Å². The van der Waals surface area contributed by atoms with Crippen molar-refractivity contribution in [3.8, 4) is 0 Å². The number of carbonyl (C=O) groups excluding carboxylic acids is 2. The quantitative estimate of drug-likeness (QED) is 0.0933. The van der Waals surface area contributed by atoms with Crippen LogP contribution in [0, 0.1) is 18.6 Å². The van der Waals surface area contributed by atoms with E-state index in [2.05, 4.69) is 0 Å². The second kappa shape index (κ2) is 14.6. The lowest BCUT2D eigenvalue weighted by Gasteiger charge is -2.23. The van der Waals surface area contributed by atoms with E-state index in [0.717, 1.165) is 34.7 Å². The third-order valence-electron chi connectivity index (χ3n) is 6.91. The largest absolute Gasteiger partial charge is 0.480 e. The monoisotopic (exact) mass is 626 g/mol. The topological polar surface area (TPSA) is 86.7 Å². The Labute approximate surface area is 256 Å². The summed E-state index contributed by atoms with van der Waals surface area (Å²) >= 11 is 0. The maximum Gasteiger partial charge on any atom is 0.417 e. The third kappa shape index (κ3) is 8.11. The second-order valence-electron chi connectivity index (χ2n) is 10.2. The second-order valence-corrected chi connectivity index (χ2v) is 10.2. The number of halogens is 5. The molecule has 4 rings (SSSR count). The van der Waals surface area contributed by atoms with Crippen molar-refractivity contribution >= 4 is 45.8 Å². The number of amides is 1. The van der Waals surface area contributed by atoms with Crippen LogP contribution in [0.25, 0.3) is 21.9 Å². The molecule has 4 aromatic rings. The molecule has 0 radical (unpaired) electrons. The van der Waals surface area contributed by atoms with Crippen LogP contribution in [0.4, 0.5) is 27.6 Å². The van der Waals surface area contributed by atoms with E-state index in [-0.39, 0.29) is 16.7 Å². The van der Waals surface area contributed by atoms with E-state index < -0.39 is 47.4 Å². The van der Waals surface area contributed by atoms with Crippen molar-refractivity contribution in [2.75, 3.05) is 25.5 Å². The number of carbonyl (C=O) groups is 3. The van der Waals surface area contributed by atoms with Gasteiger partial charge in [0.15, 0.2) is 6.29 Å². The third-order valence-corrected chi connectivity index (χ3v) is 6.91. The van der Waals surface area contributed by atoms with E-state index in [1.807, 2.05) is 37.4 Å². The molecule has 11 heteroatoms. The molecule has 0 heterocycles. The van der Waals surface area contributed by atoms with Gasteiger partial charge < -0.3 is 15.3 Å². The molecule has 0 fully saturated rings. The first-order valence-electron chi connectivity index (χ1n) is 13.7. The number of allylic oxidation sites excluding steroid dienone is 2. The Morgan fingerprint density at radius 1 is 0.889 bits per heavy atom. The number of carboxylic acids is 1. The van der Waals surface area contributed by atoms with Crippen molar-refractivity contribution in [1.29, 1.82) is 0 Å². The van der Waals surface area contributed by atoms with Crippen molar-refractivity contribution < 1.29 is 41.4 Å². The lowest BCUT2D eigenvalue weighted by molar-refractivity contribution is -0.135. The van der Waals surface area contributed by atoms with Gasteiger partial charge in [0.25, 0.3) is 5.91 Å². The molecule has 0 aliphatic rings. The van der Waals surface area contributed by atoms with E-state index in [1.54, 1.807) is 49.3 Å². The predicted molar refractivity (Wildman–Crippen MR) is 164 cm³/mol. The van der Waals surface area contributed by atoms with E-state index in [4.69, 9.17) is 5.11 Å². The minimum absolute atomic E-state index is 0.0126. The number of alkyl halides is 3. The zero-order valence-electron chi connectivity index (χ0n) is 24.9. The number of hydrogen-bond donors (Lipinski definition) is 2. The first-order valence-corrected chi connectivity index (χ1v) is 13.7. The number of nitrogens with one attached hydrogen (secondary N) is 1. The van der Waals surface area contributed by atoms with Gasteiger partial charge in [0, 0.05) is 30.9 Å². The Hall–Kier alpha value is -5.06. The number of fused-ring (bicyclic) bond motifs is 1. The van der Waals surface area contributed by atoms with E-state index in [1.165, 1.54) is 6.07 Å². The van der Waals surface area contributed by atoms with Crippen molar-refractivity contribution in [3.05, 3.63) is 112 Å². The Morgan fingerprint density at radius 3 is 2.04 bits per heavy atom. The van der Waals surface area contributed by atoms with Gasteiger partial charge in [-0.05, 0) is 65.1 Å². The molecule has 0 saturated carbocycles. The molecule has 45 heavy (non-hydrogen) atoms. The molecule has 0 saturated heterocycles. The van der Waals surface area contributed by atoms with Crippen LogP contribution in [0.2, 0.25) is 0 Å². The number of nitrogens with zero attached hydrogens (tertiary/aromatic N) is 1.